The van der Waals surface area contributed by atoms with Crippen LogP contribution >= 0.6 is 11.3 Å². The number of benzene rings is 1. The Morgan fingerprint density at radius 1 is 1.33 bits per heavy atom. The van der Waals surface area contributed by atoms with Crippen LogP contribution in [0, 0.1) is 0 Å². The van der Waals surface area contributed by atoms with E-state index in [1.807, 2.05) is 17.5 Å². The molecule has 5 nitrogen and oxygen atoms in total. The summed E-state index contributed by atoms with van der Waals surface area (Å²) < 4.78 is 10.4. The lowest BCUT2D eigenvalue weighted by atomic mass is 10.2. The highest BCUT2D eigenvalue weighted by atomic mass is 32.1. The van der Waals surface area contributed by atoms with E-state index in [-0.39, 0.29) is 5.91 Å². The average Bonchev–Trinajstić information content (AvgIpc) is 3.00. The molecule has 0 radical (unpaired) electrons. The number of nitrogens with one attached hydrogen (secondary N) is 1. The van der Waals surface area contributed by atoms with Crippen molar-refractivity contribution in [3.05, 3.63) is 46.2 Å². The van der Waals surface area contributed by atoms with Crippen molar-refractivity contribution in [1.82, 2.24) is 5.43 Å². The van der Waals surface area contributed by atoms with Crippen LogP contribution in [-0.2, 0) is 11.2 Å². The zero-order chi connectivity index (χ0) is 15.1. The standard InChI is InChI=1S/C15H16N2O3S/c1-19-12-5-6-14(20-2)11(8-12)10-16-17-15(18)9-13-4-3-7-21-13/h3-8,10H,9H2,1-2H3,(H,17,18). The minimum atomic E-state index is -0.157. The van der Waals surface area contributed by atoms with Crippen molar-refractivity contribution in [3.8, 4) is 11.5 Å². The molecule has 0 spiro atoms. The third-order valence-corrected chi connectivity index (χ3v) is 3.62. The van der Waals surface area contributed by atoms with Crippen LogP contribution in [0.3, 0.4) is 0 Å². The van der Waals surface area contributed by atoms with Crippen LogP contribution < -0.4 is 14.9 Å². The maximum absolute atomic E-state index is 11.7. The summed E-state index contributed by atoms with van der Waals surface area (Å²) in [6.45, 7) is 0. The number of carbonyl (C=O) groups is 1. The van der Waals surface area contributed by atoms with Gasteiger partial charge in [0.2, 0.25) is 5.91 Å². The fourth-order valence-corrected chi connectivity index (χ4v) is 2.43. The van der Waals surface area contributed by atoms with Gasteiger partial charge in [-0.05, 0) is 29.6 Å². The highest BCUT2D eigenvalue weighted by Gasteiger charge is 2.04. The summed E-state index contributed by atoms with van der Waals surface area (Å²) in [5.41, 5.74) is 3.23. The van der Waals surface area contributed by atoms with Gasteiger partial charge in [0.25, 0.3) is 0 Å². The lowest BCUT2D eigenvalue weighted by Gasteiger charge is -2.06. The van der Waals surface area contributed by atoms with E-state index < -0.39 is 0 Å². The maximum atomic E-state index is 11.7. The molecule has 6 heteroatoms. The van der Waals surface area contributed by atoms with Crippen LogP contribution in [0.5, 0.6) is 11.5 Å². The molecule has 1 amide bonds. The molecule has 0 saturated heterocycles. The molecule has 1 heterocycles. The first kappa shape index (κ1) is 15.1. The summed E-state index contributed by atoms with van der Waals surface area (Å²) in [5, 5.41) is 5.89. The Bertz CT molecular complexity index is 624. The monoisotopic (exact) mass is 304 g/mol. The Balaban J connectivity index is 1.98. The minimum Gasteiger partial charge on any atom is -0.497 e. The van der Waals surface area contributed by atoms with E-state index in [0.29, 0.717) is 17.9 Å². The van der Waals surface area contributed by atoms with Crippen molar-refractivity contribution < 1.29 is 14.3 Å². The van der Waals surface area contributed by atoms with E-state index in [1.165, 1.54) is 6.21 Å². The molecular formula is C15H16N2O3S. The van der Waals surface area contributed by atoms with E-state index in [0.717, 1.165) is 10.4 Å². The topological polar surface area (TPSA) is 59.9 Å². The van der Waals surface area contributed by atoms with Gasteiger partial charge < -0.3 is 9.47 Å². The average molecular weight is 304 g/mol. The van der Waals surface area contributed by atoms with Gasteiger partial charge in [-0.25, -0.2) is 5.43 Å². The van der Waals surface area contributed by atoms with Gasteiger partial charge in [-0.3, -0.25) is 4.79 Å². The first-order valence-electron chi connectivity index (χ1n) is 6.29. The van der Waals surface area contributed by atoms with Crippen molar-refractivity contribution >= 4 is 23.5 Å². The molecule has 0 aliphatic heterocycles. The summed E-state index contributed by atoms with van der Waals surface area (Å²) in [6, 6.07) is 9.20. The number of thiophene rings is 1. The van der Waals surface area contributed by atoms with Crippen molar-refractivity contribution in [1.29, 1.82) is 0 Å². The molecule has 1 N–H and O–H groups in total. The molecule has 1 aromatic carbocycles. The number of methoxy groups -OCH3 is 2. The zero-order valence-electron chi connectivity index (χ0n) is 11.8. The van der Waals surface area contributed by atoms with E-state index in [9.17, 15) is 4.79 Å². The summed E-state index contributed by atoms with van der Waals surface area (Å²) >= 11 is 1.54. The Hall–Kier alpha value is -2.34. The van der Waals surface area contributed by atoms with E-state index in [1.54, 1.807) is 43.8 Å². The number of rotatable bonds is 6. The van der Waals surface area contributed by atoms with Crippen LogP contribution in [-0.4, -0.2) is 26.3 Å². The highest BCUT2D eigenvalue weighted by molar-refractivity contribution is 7.10. The van der Waals surface area contributed by atoms with Gasteiger partial charge >= 0.3 is 0 Å². The molecule has 0 aliphatic carbocycles. The molecule has 21 heavy (non-hydrogen) atoms. The molecule has 0 atom stereocenters. The van der Waals surface area contributed by atoms with Gasteiger partial charge in [0.15, 0.2) is 0 Å². The number of amides is 1. The third kappa shape index (κ3) is 4.32. The summed E-state index contributed by atoms with van der Waals surface area (Å²) in [6.07, 6.45) is 1.86. The molecule has 0 bridgehead atoms. The zero-order valence-corrected chi connectivity index (χ0v) is 12.6. The second-order valence-electron chi connectivity index (χ2n) is 4.16. The Labute approximate surface area is 127 Å². The van der Waals surface area contributed by atoms with Crippen molar-refractivity contribution in [2.75, 3.05) is 14.2 Å². The molecule has 2 rings (SSSR count). The molecule has 110 valence electrons. The molecule has 1 aromatic heterocycles. The smallest absolute Gasteiger partial charge is 0.245 e. The third-order valence-electron chi connectivity index (χ3n) is 2.74. The van der Waals surface area contributed by atoms with Gasteiger partial charge in [-0.1, -0.05) is 6.07 Å². The second-order valence-corrected chi connectivity index (χ2v) is 5.19. The summed E-state index contributed by atoms with van der Waals surface area (Å²) in [7, 11) is 3.17. The van der Waals surface area contributed by atoms with Crippen LogP contribution in [0.2, 0.25) is 0 Å². The molecule has 0 saturated carbocycles. The van der Waals surface area contributed by atoms with E-state index in [2.05, 4.69) is 10.5 Å². The second kappa shape index (κ2) is 7.44. The van der Waals surface area contributed by atoms with Crippen molar-refractivity contribution in [2.45, 2.75) is 6.42 Å². The minimum absolute atomic E-state index is 0.157. The molecule has 0 aliphatic rings. The number of ether oxygens (including phenoxy) is 2. The van der Waals surface area contributed by atoms with Crippen molar-refractivity contribution in [3.63, 3.8) is 0 Å². The lowest BCUT2D eigenvalue weighted by Crippen LogP contribution is -2.19. The fraction of sp³-hybridized carbons (Fsp3) is 0.200. The molecule has 2 aromatic rings. The summed E-state index contributed by atoms with van der Waals surface area (Å²) in [5.74, 6) is 1.20. The summed E-state index contributed by atoms with van der Waals surface area (Å²) in [4.78, 5) is 12.7. The Kier molecular flexibility index (Phi) is 5.34. The van der Waals surface area contributed by atoms with E-state index >= 15 is 0 Å². The van der Waals surface area contributed by atoms with Gasteiger partial charge in [-0.2, -0.15) is 5.10 Å². The van der Waals surface area contributed by atoms with Gasteiger partial charge in [0.1, 0.15) is 11.5 Å². The van der Waals surface area contributed by atoms with Crippen LogP contribution in [0.1, 0.15) is 10.4 Å². The molecule has 0 fully saturated rings. The normalized spacial score (nSPS) is 10.6. The van der Waals surface area contributed by atoms with Crippen LogP contribution in [0.15, 0.2) is 40.8 Å². The Morgan fingerprint density at radius 2 is 2.19 bits per heavy atom. The van der Waals surface area contributed by atoms with E-state index in [4.69, 9.17) is 9.47 Å². The predicted octanol–water partition coefficient (Wildman–Crippen LogP) is 2.46. The molecular weight excluding hydrogens is 288 g/mol. The lowest BCUT2D eigenvalue weighted by molar-refractivity contribution is -0.120. The number of hydrazone groups is 1. The quantitative estimate of drug-likeness (QED) is 0.659. The first-order chi connectivity index (χ1) is 10.2. The SMILES string of the molecule is COc1ccc(OC)c(C=NNC(=O)Cc2cccs2)c1. The van der Waals surface area contributed by atoms with Gasteiger partial charge in [-0.15, -0.1) is 11.3 Å². The van der Waals surface area contributed by atoms with Gasteiger partial charge in [0.05, 0.1) is 26.9 Å². The van der Waals surface area contributed by atoms with Crippen molar-refractivity contribution in [2.24, 2.45) is 5.10 Å². The maximum Gasteiger partial charge on any atom is 0.245 e. The fourth-order valence-electron chi connectivity index (χ4n) is 1.73. The van der Waals surface area contributed by atoms with Crippen LogP contribution in [0.25, 0.3) is 0 Å². The number of nitrogens with zero attached hydrogens (tertiary/aromatic N) is 1. The Morgan fingerprint density at radius 3 is 2.86 bits per heavy atom. The largest absolute Gasteiger partial charge is 0.497 e. The first-order valence-corrected chi connectivity index (χ1v) is 7.17. The highest BCUT2D eigenvalue weighted by Crippen LogP contribution is 2.22. The number of carbonyl (C=O) groups excluding carboxylic acids is 1. The molecule has 0 unspecified atom stereocenters. The van der Waals surface area contributed by atoms with Crippen LogP contribution in [0.4, 0.5) is 0 Å². The van der Waals surface area contributed by atoms with Gasteiger partial charge in [0, 0.05) is 10.4 Å². The number of hydrogen-bond acceptors (Lipinski definition) is 5. The predicted molar refractivity (Wildman–Crippen MR) is 83.3 cm³/mol. The number of hydrogen-bond donors (Lipinski definition) is 1.